The maximum atomic E-state index is 12.2. The summed E-state index contributed by atoms with van der Waals surface area (Å²) in [5.74, 6) is -1.01. The number of ether oxygens (including phenoxy) is 1. The first-order valence-corrected chi connectivity index (χ1v) is 5.74. The quantitative estimate of drug-likeness (QED) is 0.869. The Kier molecular flexibility index (Phi) is 5.17. The molecule has 106 valence electrons. The molecule has 0 bridgehead atoms. The summed E-state index contributed by atoms with van der Waals surface area (Å²) < 4.78 is 40.4. The number of rotatable bonds is 5. The number of carbonyl (C=O) groups excluding carboxylic acids is 1. The minimum atomic E-state index is -4.81. The molecular weight excluding hydrogens is 261 g/mol. The van der Waals surface area contributed by atoms with Gasteiger partial charge in [0.15, 0.2) is 5.75 Å². The normalized spacial score (nSPS) is 12.9. The van der Waals surface area contributed by atoms with Gasteiger partial charge in [0, 0.05) is 0 Å². The zero-order chi connectivity index (χ0) is 14.5. The number of benzene rings is 1. The number of halogens is 3. The molecule has 0 unspecified atom stereocenters. The fourth-order valence-corrected chi connectivity index (χ4v) is 1.45. The van der Waals surface area contributed by atoms with E-state index in [2.05, 4.69) is 10.1 Å². The molecule has 0 saturated heterocycles. The van der Waals surface area contributed by atoms with Crippen molar-refractivity contribution in [1.29, 1.82) is 0 Å². The van der Waals surface area contributed by atoms with Crippen molar-refractivity contribution >= 4 is 11.6 Å². The number of nitrogens with one attached hydrogen (secondary N) is 1. The summed E-state index contributed by atoms with van der Waals surface area (Å²) in [5, 5.41) is 2.33. The van der Waals surface area contributed by atoms with Gasteiger partial charge < -0.3 is 15.8 Å². The molecular formula is C12H15F3N2O2. The monoisotopic (exact) mass is 276 g/mol. The second kappa shape index (κ2) is 6.42. The lowest BCUT2D eigenvalue weighted by molar-refractivity contribution is -0.274. The largest absolute Gasteiger partial charge is 0.573 e. The number of amides is 1. The van der Waals surface area contributed by atoms with Gasteiger partial charge >= 0.3 is 6.36 Å². The van der Waals surface area contributed by atoms with E-state index in [9.17, 15) is 18.0 Å². The highest BCUT2D eigenvalue weighted by atomic mass is 19.4. The second-order valence-electron chi connectivity index (χ2n) is 3.93. The summed E-state index contributed by atoms with van der Waals surface area (Å²) in [6, 6.07) is 4.54. The van der Waals surface area contributed by atoms with Crippen LogP contribution in [0.5, 0.6) is 5.75 Å². The Morgan fingerprint density at radius 2 is 2.05 bits per heavy atom. The van der Waals surface area contributed by atoms with Crippen molar-refractivity contribution in [3.05, 3.63) is 24.3 Å². The molecule has 0 aromatic heterocycles. The summed E-state index contributed by atoms with van der Waals surface area (Å²) in [6.07, 6.45) is -3.66. The molecule has 0 radical (unpaired) electrons. The van der Waals surface area contributed by atoms with Gasteiger partial charge in [-0.15, -0.1) is 13.2 Å². The molecule has 4 nitrogen and oxygen atoms in total. The van der Waals surface area contributed by atoms with Crippen LogP contribution in [0.15, 0.2) is 24.3 Å². The molecule has 1 atom stereocenters. The van der Waals surface area contributed by atoms with E-state index in [1.807, 2.05) is 6.92 Å². The van der Waals surface area contributed by atoms with Crippen LogP contribution < -0.4 is 15.8 Å². The first kappa shape index (κ1) is 15.3. The van der Waals surface area contributed by atoms with Crippen LogP contribution in [0.3, 0.4) is 0 Å². The minimum Gasteiger partial charge on any atom is -0.404 e. The van der Waals surface area contributed by atoms with E-state index in [1.165, 1.54) is 18.2 Å². The molecule has 1 amide bonds. The van der Waals surface area contributed by atoms with Crippen molar-refractivity contribution in [3.63, 3.8) is 0 Å². The Morgan fingerprint density at radius 1 is 1.42 bits per heavy atom. The molecule has 3 N–H and O–H groups in total. The third-order valence-corrected chi connectivity index (χ3v) is 2.31. The van der Waals surface area contributed by atoms with Gasteiger partial charge in [-0.25, -0.2) is 0 Å². The standard InChI is InChI=1S/C12H15F3N2O2/c1-2-5-8(16)11(18)17-9-6-3-4-7-10(9)19-12(13,14)15/h3-4,6-8H,2,5,16H2,1H3,(H,17,18)/t8-/m1/s1. The fourth-order valence-electron chi connectivity index (χ4n) is 1.45. The molecule has 1 aromatic rings. The molecule has 0 aliphatic heterocycles. The Hall–Kier alpha value is -1.76. The number of nitrogens with two attached hydrogens (primary N) is 1. The first-order chi connectivity index (χ1) is 8.83. The van der Waals surface area contributed by atoms with Crippen LogP contribution in [-0.2, 0) is 4.79 Å². The van der Waals surface area contributed by atoms with Gasteiger partial charge in [-0.1, -0.05) is 25.5 Å². The Morgan fingerprint density at radius 3 is 2.63 bits per heavy atom. The van der Waals surface area contributed by atoms with Gasteiger partial charge in [0.1, 0.15) is 0 Å². The molecule has 0 aliphatic rings. The number of para-hydroxylation sites is 2. The first-order valence-electron chi connectivity index (χ1n) is 5.74. The molecule has 0 saturated carbocycles. The van der Waals surface area contributed by atoms with Gasteiger partial charge in [-0.05, 0) is 18.6 Å². The van der Waals surface area contributed by atoms with Gasteiger partial charge in [0.05, 0.1) is 11.7 Å². The third-order valence-electron chi connectivity index (χ3n) is 2.31. The minimum absolute atomic E-state index is 0.0589. The molecule has 1 aromatic carbocycles. The van der Waals surface area contributed by atoms with Gasteiger partial charge in [0.2, 0.25) is 5.91 Å². The van der Waals surface area contributed by atoms with Crippen LogP contribution in [0.2, 0.25) is 0 Å². The fraction of sp³-hybridized carbons (Fsp3) is 0.417. The molecule has 1 rings (SSSR count). The lowest BCUT2D eigenvalue weighted by atomic mass is 10.1. The van der Waals surface area contributed by atoms with Crippen LogP contribution >= 0.6 is 0 Å². The van der Waals surface area contributed by atoms with Crippen molar-refractivity contribution in [2.24, 2.45) is 5.73 Å². The van der Waals surface area contributed by atoms with Crippen molar-refractivity contribution in [2.75, 3.05) is 5.32 Å². The predicted octanol–water partition coefficient (Wildman–Crippen LogP) is 2.65. The summed E-state index contributed by atoms with van der Waals surface area (Å²) >= 11 is 0. The Labute approximate surface area is 108 Å². The Balaban J connectivity index is 2.81. The van der Waals surface area contributed by atoms with Crippen molar-refractivity contribution < 1.29 is 22.7 Å². The highest BCUT2D eigenvalue weighted by Crippen LogP contribution is 2.29. The third kappa shape index (κ3) is 5.17. The van der Waals surface area contributed by atoms with Crippen LogP contribution in [0.1, 0.15) is 19.8 Å². The van der Waals surface area contributed by atoms with E-state index in [-0.39, 0.29) is 5.69 Å². The summed E-state index contributed by atoms with van der Waals surface area (Å²) in [4.78, 5) is 11.6. The van der Waals surface area contributed by atoms with E-state index >= 15 is 0 Å². The Bertz CT molecular complexity index is 435. The van der Waals surface area contributed by atoms with Crippen molar-refractivity contribution in [2.45, 2.75) is 32.2 Å². The lowest BCUT2D eigenvalue weighted by Gasteiger charge is -2.15. The number of hydrogen-bond donors (Lipinski definition) is 2. The summed E-state index contributed by atoms with van der Waals surface area (Å²) in [6.45, 7) is 1.86. The molecule has 7 heteroatoms. The van der Waals surface area contributed by atoms with E-state index < -0.39 is 24.1 Å². The number of alkyl halides is 3. The van der Waals surface area contributed by atoms with E-state index in [1.54, 1.807) is 0 Å². The predicted molar refractivity (Wildman–Crippen MR) is 64.6 cm³/mol. The number of anilines is 1. The molecule has 0 spiro atoms. The summed E-state index contributed by atoms with van der Waals surface area (Å²) in [5.41, 5.74) is 5.52. The maximum Gasteiger partial charge on any atom is 0.573 e. The van der Waals surface area contributed by atoms with Gasteiger partial charge in [-0.2, -0.15) is 0 Å². The SMILES string of the molecule is CCC[C@@H](N)C(=O)Nc1ccccc1OC(F)(F)F. The van der Waals surface area contributed by atoms with Crippen LogP contribution in [0.4, 0.5) is 18.9 Å². The van der Waals surface area contributed by atoms with Gasteiger partial charge in [0.25, 0.3) is 0 Å². The maximum absolute atomic E-state index is 12.2. The lowest BCUT2D eigenvalue weighted by Crippen LogP contribution is -2.35. The molecule has 0 fully saturated rings. The number of hydrogen-bond acceptors (Lipinski definition) is 3. The molecule has 0 aliphatic carbocycles. The zero-order valence-corrected chi connectivity index (χ0v) is 10.3. The highest BCUT2D eigenvalue weighted by molar-refractivity contribution is 5.95. The average molecular weight is 276 g/mol. The number of carbonyl (C=O) groups is 1. The van der Waals surface area contributed by atoms with E-state index in [0.717, 1.165) is 6.07 Å². The molecule has 0 heterocycles. The topological polar surface area (TPSA) is 64.4 Å². The molecule has 19 heavy (non-hydrogen) atoms. The summed E-state index contributed by atoms with van der Waals surface area (Å²) in [7, 11) is 0. The van der Waals surface area contributed by atoms with E-state index in [4.69, 9.17) is 5.73 Å². The van der Waals surface area contributed by atoms with E-state index in [0.29, 0.717) is 12.8 Å². The van der Waals surface area contributed by atoms with Crippen LogP contribution in [0.25, 0.3) is 0 Å². The van der Waals surface area contributed by atoms with Crippen molar-refractivity contribution in [3.8, 4) is 5.75 Å². The average Bonchev–Trinajstić information content (AvgIpc) is 2.30. The van der Waals surface area contributed by atoms with Crippen molar-refractivity contribution in [1.82, 2.24) is 0 Å². The van der Waals surface area contributed by atoms with Crippen LogP contribution in [0, 0.1) is 0 Å². The second-order valence-corrected chi connectivity index (χ2v) is 3.93. The smallest absolute Gasteiger partial charge is 0.404 e. The zero-order valence-electron chi connectivity index (χ0n) is 10.3. The highest BCUT2D eigenvalue weighted by Gasteiger charge is 2.32. The van der Waals surface area contributed by atoms with Gasteiger partial charge in [-0.3, -0.25) is 4.79 Å². The van der Waals surface area contributed by atoms with Crippen LogP contribution in [-0.4, -0.2) is 18.3 Å².